The largest absolute Gasteiger partial charge is 0.352 e. The predicted molar refractivity (Wildman–Crippen MR) is 104 cm³/mol. The summed E-state index contributed by atoms with van der Waals surface area (Å²) in [6.45, 7) is 6.66. The van der Waals surface area contributed by atoms with Crippen LogP contribution < -0.4 is 10.6 Å². The van der Waals surface area contributed by atoms with Gasteiger partial charge in [-0.2, -0.15) is 0 Å². The average Bonchev–Trinajstić information content (AvgIpc) is 2.64. The van der Waals surface area contributed by atoms with E-state index in [0.29, 0.717) is 12.1 Å². The summed E-state index contributed by atoms with van der Waals surface area (Å²) in [5.41, 5.74) is 3.24. The van der Waals surface area contributed by atoms with Crippen LogP contribution >= 0.6 is 12.4 Å². The normalized spacial score (nSPS) is 15.9. The quantitative estimate of drug-likeness (QED) is 0.862. The van der Waals surface area contributed by atoms with E-state index in [9.17, 15) is 4.79 Å². The highest BCUT2D eigenvalue weighted by Crippen LogP contribution is 2.29. The number of benzene rings is 2. The number of nitrogens with one attached hydrogen (secondary N) is 2. The third kappa shape index (κ3) is 4.82. The second-order valence-electron chi connectivity index (χ2n) is 6.08. The van der Waals surface area contributed by atoms with Crippen LogP contribution in [0.4, 0.5) is 0 Å². The molecule has 1 fully saturated rings. The minimum absolute atomic E-state index is 0. The van der Waals surface area contributed by atoms with Crippen molar-refractivity contribution in [3.8, 4) is 0 Å². The van der Waals surface area contributed by atoms with Crippen molar-refractivity contribution in [3.05, 3.63) is 71.3 Å². The third-order valence-electron chi connectivity index (χ3n) is 4.46. The van der Waals surface area contributed by atoms with Gasteiger partial charge in [-0.3, -0.25) is 9.69 Å². The van der Waals surface area contributed by atoms with Crippen LogP contribution in [0, 0.1) is 0 Å². The zero-order valence-electron chi connectivity index (χ0n) is 14.6. The van der Waals surface area contributed by atoms with Crippen LogP contribution in [0.25, 0.3) is 0 Å². The van der Waals surface area contributed by atoms with Crippen LogP contribution in [0.2, 0.25) is 0 Å². The second kappa shape index (κ2) is 9.56. The Hall–Kier alpha value is -1.88. The molecule has 2 aromatic carbocycles. The summed E-state index contributed by atoms with van der Waals surface area (Å²) in [5, 5.41) is 6.26. The third-order valence-corrected chi connectivity index (χ3v) is 4.46. The Morgan fingerprint density at radius 3 is 2.24 bits per heavy atom. The molecule has 1 heterocycles. The van der Waals surface area contributed by atoms with E-state index >= 15 is 0 Å². The minimum Gasteiger partial charge on any atom is -0.352 e. The average molecular weight is 360 g/mol. The van der Waals surface area contributed by atoms with E-state index in [1.807, 2.05) is 19.1 Å². The Morgan fingerprint density at radius 2 is 1.64 bits per heavy atom. The van der Waals surface area contributed by atoms with E-state index in [-0.39, 0.29) is 24.4 Å². The first-order valence-electron chi connectivity index (χ1n) is 8.67. The highest BCUT2D eigenvalue weighted by Gasteiger charge is 2.23. The molecule has 1 saturated heterocycles. The highest BCUT2D eigenvalue weighted by molar-refractivity contribution is 5.94. The Kier molecular flexibility index (Phi) is 7.44. The molecule has 4 nitrogen and oxygen atoms in total. The first-order valence-corrected chi connectivity index (χ1v) is 8.67. The lowest BCUT2D eigenvalue weighted by molar-refractivity contribution is 0.0956. The molecule has 1 amide bonds. The van der Waals surface area contributed by atoms with E-state index in [2.05, 4.69) is 58.0 Å². The van der Waals surface area contributed by atoms with Crippen LogP contribution in [-0.4, -0.2) is 43.5 Å². The maximum absolute atomic E-state index is 12.0. The molecule has 0 saturated carbocycles. The van der Waals surface area contributed by atoms with Crippen LogP contribution in [0.15, 0.2) is 54.6 Å². The molecular weight excluding hydrogens is 334 g/mol. The zero-order valence-corrected chi connectivity index (χ0v) is 15.4. The van der Waals surface area contributed by atoms with Gasteiger partial charge in [0.2, 0.25) is 0 Å². The van der Waals surface area contributed by atoms with Crippen molar-refractivity contribution < 1.29 is 4.79 Å². The van der Waals surface area contributed by atoms with Gasteiger partial charge in [0.05, 0.1) is 6.04 Å². The van der Waals surface area contributed by atoms with Crippen molar-refractivity contribution in [1.29, 1.82) is 0 Å². The fourth-order valence-corrected chi connectivity index (χ4v) is 3.27. The molecule has 1 unspecified atom stereocenters. The fraction of sp³-hybridized carbons (Fsp3) is 0.350. The van der Waals surface area contributed by atoms with Gasteiger partial charge in [-0.1, -0.05) is 42.5 Å². The van der Waals surface area contributed by atoms with Crippen LogP contribution in [0.3, 0.4) is 0 Å². The second-order valence-corrected chi connectivity index (χ2v) is 6.08. The van der Waals surface area contributed by atoms with Gasteiger partial charge in [0.1, 0.15) is 0 Å². The van der Waals surface area contributed by atoms with E-state index < -0.39 is 0 Å². The van der Waals surface area contributed by atoms with Crippen molar-refractivity contribution in [2.75, 3.05) is 32.7 Å². The Balaban J connectivity index is 0.00000225. The number of piperazine rings is 1. The Morgan fingerprint density at radius 1 is 1.04 bits per heavy atom. The summed E-state index contributed by atoms with van der Waals surface area (Å²) in [4.78, 5) is 14.5. The molecule has 0 radical (unpaired) electrons. The monoisotopic (exact) mass is 359 g/mol. The molecule has 5 heteroatoms. The van der Waals surface area contributed by atoms with Gasteiger partial charge >= 0.3 is 0 Å². The van der Waals surface area contributed by atoms with Crippen LogP contribution in [0.1, 0.15) is 34.5 Å². The molecule has 2 aromatic rings. The molecule has 2 N–H and O–H groups in total. The van der Waals surface area contributed by atoms with Crippen molar-refractivity contribution in [1.82, 2.24) is 15.5 Å². The zero-order chi connectivity index (χ0) is 16.8. The van der Waals surface area contributed by atoms with Crippen molar-refractivity contribution in [2.24, 2.45) is 0 Å². The van der Waals surface area contributed by atoms with Gasteiger partial charge in [-0.15, -0.1) is 12.4 Å². The first kappa shape index (κ1) is 19.4. The lowest BCUT2D eigenvalue weighted by Crippen LogP contribution is -2.45. The van der Waals surface area contributed by atoms with Gasteiger partial charge in [-0.05, 0) is 30.2 Å². The lowest BCUT2D eigenvalue weighted by atomic mass is 9.95. The molecular formula is C20H26ClN3O. The number of halogens is 1. The molecule has 1 aliphatic rings. The Bertz CT molecular complexity index is 654. The predicted octanol–water partition coefficient (Wildman–Crippen LogP) is 2.85. The van der Waals surface area contributed by atoms with Gasteiger partial charge in [0.15, 0.2) is 0 Å². The lowest BCUT2D eigenvalue weighted by Gasteiger charge is -2.35. The standard InChI is InChI=1S/C20H25N3O.ClH/c1-2-22-20(24)18-10-8-17(9-11-18)19(16-6-4-3-5-7-16)23-14-12-21-13-15-23;/h3-11,19,21H,2,12-15H2,1H3,(H,22,24);1H. The van der Waals surface area contributed by atoms with Gasteiger partial charge in [0, 0.05) is 38.3 Å². The SMILES string of the molecule is CCNC(=O)c1ccc(C(c2ccccc2)N2CCNCC2)cc1.Cl. The van der Waals surface area contributed by atoms with E-state index in [1.54, 1.807) is 0 Å². The number of carbonyl (C=O) groups excluding carboxylic acids is 1. The maximum atomic E-state index is 12.0. The maximum Gasteiger partial charge on any atom is 0.251 e. The smallest absolute Gasteiger partial charge is 0.251 e. The first-order chi connectivity index (χ1) is 11.8. The molecule has 1 aliphatic heterocycles. The Labute approximate surface area is 156 Å². The summed E-state index contributed by atoms with van der Waals surface area (Å²) < 4.78 is 0. The molecule has 0 spiro atoms. The number of hydrogen-bond donors (Lipinski definition) is 2. The molecule has 0 bridgehead atoms. The van der Waals surface area contributed by atoms with Gasteiger partial charge in [-0.25, -0.2) is 0 Å². The summed E-state index contributed by atoms with van der Waals surface area (Å²) in [5.74, 6) is -0.0116. The molecule has 3 rings (SSSR count). The molecule has 134 valence electrons. The van der Waals surface area contributed by atoms with Crippen molar-refractivity contribution in [3.63, 3.8) is 0 Å². The molecule has 0 aliphatic carbocycles. The topological polar surface area (TPSA) is 44.4 Å². The summed E-state index contributed by atoms with van der Waals surface area (Å²) in [7, 11) is 0. The fourth-order valence-electron chi connectivity index (χ4n) is 3.27. The van der Waals surface area contributed by atoms with Gasteiger partial charge < -0.3 is 10.6 Å². The van der Waals surface area contributed by atoms with E-state index in [0.717, 1.165) is 26.2 Å². The molecule has 25 heavy (non-hydrogen) atoms. The minimum atomic E-state index is -0.0116. The molecule has 0 aromatic heterocycles. The summed E-state index contributed by atoms with van der Waals surface area (Å²) >= 11 is 0. The van der Waals surface area contributed by atoms with Crippen molar-refractivity contribution >= 4 is 18.3 Å². The number of nitrogens with zero attached hydrogens (tertiary/aromatic N) is 1. The van der Waals surface area contributed by atoms with E-state index in [1.165, 1.54) is 11.1 Å². The highest BCUT2D eigenvalue weighted by atomic mass is 35.5. The summed E-state index contributed by atoms with van der Waals surface area (Å²) in [6.07, 6.45) is 0. The van der Waals surface area contributed by atoms with Crippen molar-refractivity contribution in [2.45, 2.75) is 13.0 Å². The van der Waals surface area contributed by atoms with Gasteiger partial charge in [0.25, 0.3) is 5.91 Å². The molecule has 1 atom stereocenters. The van der Waals surface area contributed by atoms with Crippen LogP contribution in [-0.2, 0) is 0 Å². The number of carbonyl (C=O) groups is 1. The van der Waals surface area contributed by atoms with E-state index in [4.69, 9.17) is 0 Å². The summed E-state index contributed by atoms with van der Waals surface area (Å²) in [6, 6.07) is 18.9. The number of rotatable bonds is 5. The van der Waals surface area contributed by atoms with Crippen LogP contribution in [0.5, 0.6) is 0 Å². The number of amides is 1. The number of hydrogen-bond acceptors (Lipinski definition) is 3.